The molecule has 20 heavy (non-hydrogen) atoms. The van der Waals surface area contributed by atoms with Crippen molar-refractivity contribution in [2.75, 3.05) is 6.54 Å². The quantitative estimate of drug-likeness (QED) is 0.630. The molecule has 1 N–H and O–H groups in total. The van der Waals surface area contributed by atoms with Gasteiger partial charge in [-0.3, -0.25) is 0 Å². The second kappa shape index (κ2) is 8.41. The van der Waals surface area contributed by atoms with Gasteiger partial charge in [0, 0.05) is 12.6 Å². The van der Waals surface area contributed by atoms with Gasteiger partial charge in [-0.15, -0.1) is 0 Å². The van der Waals surface area contributed by atoms with Gasteiger partial charge in [0.2, 0.25) is 0 Å². The molecule has 0 amide bonds. The summed E-state index contributed by atoms with van der Waals surface area (Å²) in [6.07, 6.45) is 6.15. The molecule has 1 aromatic rings. The van der Waals surface area contributed by atoms with E-state index >= 15 is 0 Å². The fourth-order valence-electron chi connectivity index (χ4n) is 2.44. The fourth-order valence-corrected chi connectivity index (χ4v) is 2.44. The SMILES string of the molecule is CCCCCC(C)(C)CNC(C)Cc1ccc(F)cc1. The third-order valence-corrected chi connectivity index (χ3v) is 3.84. The average Bonchev–Trinajstić information content (AvgIpc) is 2.40. The zero-order chi connectivity index (χ0) is 15.0. The van der Waals surface area contributed by atoms with Gasteiger partial charge >= 0.3 is 0 Å². The molecule has 0 aliphatic heterocycles. The Morgan fingerprint density at radius 1 is 1.15 bits per heavy atom. The zero-order valence-corrected chi connectivity index (χ0v) is 13.5. The summed E-state index contributed by atoms with van der Waals surface area (Å²) >= 11 is 0. The van der Waals surface area contributed by atoms with Crippen molar-refractivity contribution in [2.24, 2.45) is 5.41 Å². The second-order valence-corrected chi connectivity index (χ2v) is 6.73. The van der Waals surface area contributed by atoms with Gasteiger partial charge in [-0.05, 0) is 42.9 Å². The molecule has 0 heterocycles. The van der Waals surface area contributed by atoms with Gasteiger partial charge in [-0.25, -0.2) is 4.39 Å². The van der Waals surface area contributed by atoms with Gasteiger partial charge in [0.1, 0.15) is 5.82 Å². The molecule has 0 aliphatic rings. The van der Waals surface area contributed by atoms with E-state index in [0.717, 1.165) is 13.0 Å². The number of nitrogens with one attached hydrogen (secondary N) is 1. The summed E-state index contributed by atoms with van der Waals surface area (Å²) in [6, 6.07) is 7.25. The Balaban J connectivity index is 2.31. The van der Waals surface area contributed by atoms with Crippen LogP contribution >= 0.6 is 0 Å². The molecule has 0 bridgehead atoms. The summed E-state index contributed by atoms with van der Waals surface area (Å²) < 4.78 is 12.9. The van der Waals surface area contributed by atoms with E-state index in [1.165, 1.54) is 43.4 Å². The summed E-state index contributed by atoms with van der Waals surface area (Å²) in [7, 11) is 0. The van der Waals surface area contributed by atoms with Crippen LogP contribution in [-0.4, -0.2) is 12.6 Å². The molecular weight excluding hydrogens is 249 g/mol. The first-order chi connectivity index (χ1) is 9.43. The van der Waals surface area contributed by atoms with Crippen molar-refractivity contribution in [1.29, 1.82) is 0 Å². The summed E-state index contributed by atoms with van der Waals surface area (Å²) in [5.74, 6) is -0.161. The molecule has 1 unspecified atom stereocenters. The molecule has 0 radical (unpaired) electrons. The zero-order valence-electron chi connectivity index (χ0n) is 13.5. The maximum absolute atomic E-state index is 12.9. The first-order valence-electron chi connectivity index (χ1n) is 7.91. The highest BCUT2D eigenvalue weighted by atomic mass is 19.1. The Morgan fingerprint density at radius 2 is 1.80 bits per heavy atom. The first kappa shape index (κ1) is 17.2. The molecule has 114 valence electrons. The van der Waals surface area contributed by atoms with Crippen LogP contribution in [0.4, 0.5) is 4.39 Å². The minimum Gasteiger partial charge on any atom is -0.313 e. The van der Waals surface area contributed by atoms with Crippen LogP contribution in [0.3, 0.4) is 0 Å². The number of hydrogen-bond donors (Lipinski definition) is 1. The van der Waals surface area contributed by atoms with Crippen LogP contribution in [0.1, 0.15) is 58.9 Å². The maximum atomic E-state index is 12.9. The highest BCUT2D eigenvalue weighted by Gasteiger charge is 2.18. The summed E-state index contributed by atoms with van der Waals surface area (Å²) in [5.41, 5.74) is 1.54. The molecule has 0 spiro atoms. The summed E-state index contributed by atoms with van der Waals surface area (Å²) in [5, 5.41) is 3.62. The highest BCUT2D eigenvalue weighted by molar-refractivity contribution is 5.16. The fraction of sp³-hybridized carbons (Fsp3) is 0.667. The van der Waals surface area contributed by atoms with Crippen molar-refractivity contribution in [3.05, 3.63) is 35.6 Å². The standard InChI is InChI=1S/C18H30FN/c1-5-6-7-12-18(3,4)14-20-15(2)13-16-8-10-17(19)11-9-16/h8-11,15,20H,5-7,12-14H2,1-4H3. The van der Waals surface area contributed by atoms with Gasteiger partial charge in [0.05, 0.1) is 0 Å². The van der Waals surface area contributed by atoms with Crippen LogP contribution in [-0.2, 0) is 6.42 Å². The van der Waals surface area contributed by atoms with E-state index in [1.807, 2.05) is 12.1 Å². The monoisotopic (exact) mass is 279 g/mol. The van der Waals surface area contributed by atoms with Crippen LogP contribution in [0.2, 0.25) is 0 Å². The van der Waals surface area contributed by atoms with Crippen molar-refractivity contribution in [2.45, 2.75) is 65.8 Å². The average molecular weight is 279 g/mol. The predicted molar refractivity (Wildman–Crippen MR) is 85.5 cm³/mol. The number of rotatable bonds is 9. The van der Waals surface area contributed by atoms with Gasteiger partial charge in [0.15, 0.2) is 0 Å². The second-order valence-electron chi connectivity index (χ2n) is 6.73. The number of halogens is 1. The maximum Gasteiger partial charge on any atom is 0.123 e. The van der Waals surface area contributed by atoms with Crippen molar-refractivity contribution >= 4 is 0 Å². The van der Waals surface area contributed by atoms with E-state index in [2.05, 4.69) is 33.0 Å². The Hall–Kier alpha value is -0.890. The lowest BCUT2D eigenvalue weighted by Gasteiger charge is -2.27. The predicted octanol–water partition coefficient (Wildman–Crippen LogP) is 4.95. The topological polar surface area (TPSA) is 12.0 Å². The van der Waals surface area contributed by atoms with Crippen LogP contribution in [0, 0.1) is 11.2 Å². The lowest BCUT2D eigenvalue weighted by Crippen LogP contribution is -2.36. The molecule has 1 atom stereocenters. The molecule has 0 aromatic heterocycles. The Bertz CT molecular complexity index is 370. The van der Waals surface area contributed by atoms with Crippen LogP contribution in [0.25, 0.3) is 0 Å². The minimum atomic E-state index is -0.161. The van der Waals surface area contributed by atoms with Crippen LogP contribution in [0.15, 0.2) is 24.3 Å². The Labute approximate surface area is 124 Å². The van der Waals surface area contributed by atoms with Crippen LogP contribution < -0.4 is 5.32 Å². The molecule has 1 nitrogen and oxygen atoms in total. The van der Waals surface area contributed by atoms with E-state index in [1.54, 1.807) is 0 Å². The molecule has 1 aromatic carbocycles. The van der Waals surface area contributed by atoms with E-state index in [9.17, 15) is 4.39 Å². The number of hydrogen-bond acceptors (Lipinski definition) is 1. The van der Waals surface area contributed by atoms with Gasteiger partial charge < -0.3 is 5.32 Å². The largest absolute Gasteiger partial charge is 0.313 e. The molecule has 0 aliphatic carbocycles. The summed E-state index contributed by atoms with van der Waals surface area (Å²) in [4.78, 5) is 0. The minimum absolute atomic E-state index is 0.161. The third kappa shape index (κ3) is 7.04. The lowest BCUT2D eigenvalue weighted by molar-refractivity contribution is 0.289. The van der Waals surface area contributed by atoms with Gasteiger partial charge in [0.25, 0.3) is 0 Å². The van der Waals surface area contributed by atoms with Crippen molar-refractivity contribution in [3.63, 3.8) is 0 Å². The summed E-state index contributed by atoms with van der Waals surface area (Å²) in [6.45, 7) is 10.2. The highest BCUT2D eigenvalue weighted by Crippen LogP contribution is 2.23. The third-order valence-electron chi connectivity index (χ3n) is 3.84. The van der Waals surface area contributed by atoms with Crippen molar-refractivity contribution < 1.29 is 4.39 Å². The number of unbranched alkanes of at least 4 members (excludes halogenated alkanes) is 2. The Kier molecular flexibility index (Phi) is 7.22. The Morgan fingerprint density at radius 3 is 2.40 bits per heavy atom. The molecule has 0 saturated carbocycles. The van der Waals surface area contributed by atoms with E-state index in [0.29, 0.717) is 11.5 Å². The van der Waals surface area contributed by atoms with Crippen molar-refractivity contribution in [1.82, 2.24) is 5.32 Å². The van der Waals surface area contributed by atoms with Gasteiger partial charge in [-0.2, -0.15) is 0 Å². The molecular formula is C18H30FN. The van der Waals surface area contributed by atoms with E-state index in [-0.39, 0.29) is 5.82 Å². The first-order valence-corrected chi connectivity index (χ1v) is 7.91. The molecule has 0 fully saturated rings. The molecule has 2 heteroatoms. The molecule has 0 saturated heterocycles. The smallest absolute Gasteiger partial charge is 0.123 e. The van der Waals surface area contributed by atoms with Crippen molar-refractivity contribution in [3.8, 4) is 0 Å². The molecule has 1 rings (SSSR count). The van der Waals surface area contributed by atoms with E-state index in [4.69, 9.17) is 0 Å². The lowest BCUT2D eigenvalue weighted by atomic mass is 9.86. The van der Waals surface area contributed by atoms with Gasteiger partial charge in [-0.1, -0.05) is 52.2 Å². The van der Waals surface area contributed by atoms with E-state index < -0.39 is 0 Å². The van der Waals surface area contributed by atoms with Crippen LogP contribution in [0.5, 0.6) is 0 Å². The normalized spacial score (nSPS) is 13.4. The number of benzene rings is 1.